The van der Waals surface area contributed by atoms with Crippen LogP contribution in [0.15, 0.2) is 47.6 Å². The quantitative estimate of drug-likeness (QED) is 0.361. The first-order valence-electron chi connectivity index (χ1n) is 9.06. The van der Waals surface area contributed by atoms with Crippen LogP contribution < -0.4 is 20.1 Å². The van der Waals surface area contributed by atoms with Crippen molar-refractivity contribution in [3.63, 3.8) is 0 Å². The van der Waals surface area contributed by atoms with Gasteiger partial charge in [-0.15, -0.1) is 24.0 Å². The number of aromatic nitrogens is 1. The van der Waals surface area contributed by atoms with Crippen LogP contribution in [0.5, 0.6) is 11.6 Å². The number of fused-ring (bicyclic) bond motifs is 1. The maximum absolute atomic E-state index is 5.95. The Morgan fingerprint density at radius 3 is 2.89 bits per heavy atom. The molecule has 0 radical (unpaired) electrons. The summed E-state index contributed by atoms with van der Waals surface area (Å²) in [6.45, 7) is 4.03. The summed E-state index contributed by atoms with van der Waals surface area (Å²) in [7, 11) is 1.76. The first-order valence-corrected chi connectivity index (χ1v) is 9.06. The van der Waals surface area contributed by atoms with Gasteiger partial charge in [0.2, 0.25) is 5.88 Å². The second-order valence-corrected chi connectivity index (χ2v) is 6.17. The monoisotopic (exact) mass is 482 g/mol. The highest BCUT2D eigenvalue weighted by Crippen LogP contribution is 2.27. The number of ether oxygens (including phenoxy) is 2. The summed E-state index contributed by atoms with van der Waals surface area (Å²) in [6, 6.07) is 12.1. The fourth-order valence-electron chi connectivity index (χ4n) is 2.87. The number of nitrogens with zero attached hydrogens (tertiary/aromatic N) is 2. The number of benzene rings is 1. The minimum Gasteiger partial charge on any atom is -0.488 e. The van der Waals surface area contributed by atoms with Crippen LogP contribution >= 0.6 is 24.0 Å². The molecule has 1 aliphatic heterocycles. The first kappa shape index (κ1) is 21.3. The third-order valence-corrected chi connectivity index (χ3v) is 4.17. The molecule has 1 unspecified atom stereocenters. The summed E-state index contributed by atoms with van der Waals surface area (Å²) in [4.78, 5) is 8.59. The van der Waals surface area contributed by atoms with E-state index in [0.717, 1.165) is 30.1 Å². The third-order valence-electron chi connectivity index (χ3n) is 4.17. The lowest BCUT2D eigenvalue weighted by Gasteiger charge is -2.16. The fourth-order valence-corrected chi connectivity index (χ4v) is 2.87. The number of rotatable bonds is 7. The summed E-state index contributed by atoms with van der Waals surface area (Å²) in [5, 5.41) is 6.64. The largest absolute Gasteiger partial charge is 0.488 e. The summed E-state index contributed by atoms with van der Waals surface area (Å²) in [5.74, 6) is 2.39. The maximum Gasteiger partial charge on any atom is 0.218 e. The SMILES string of the molecule is CCCOc1ncccc1CNC(=NC)NCC1Cc2ccccc2O1.I. The molecule has 1 aromatic heterocycles. The zero-order chi connectivity index (χ0) is 18.2. The molecule has 1 aromatic carbocycles. The standard InChI is InChI=1S/C20H26N4O2.HI/c1-3-11-25-19-16(8-6-10-22-19)13-23-20(21-2)24-14-17-12-15-7-4-5-9-18(15)26-17;/h4-10,17H,3,11-14H2,1-2H3,(H2,21,23,24);1H. The summed E-state index contributed by atoms with van der Waals surface area (Å²) >= 11 is 0. The second kappa shape index (κ2) is 11.0. The molecule has 7 heteroatoms. The smallest absolute Gasteiger partial charge is 0.218 e. The zero-order valence-electron chi connectivity index (χ0n) is 15.8. The van der Waals surface area contributed by atoms with Crippen LogP contribution in [0.1, 0.15) is 24.5 Å². The second-order valence-electron chi connectivity index (χ2n) is 6.17. The molecule has 27 heavy (non-hydrogen) atoms. The highest BCUT2D eigenvalue weighted by molar-refractivity contribution is 14.0. The molecule has 0 spiro atoms. The van der Waals surface area contributed by atoms with Crippen molar-refractivity contribution in [2.24, 2.45) is 4.99 Å². The lowest BCUT2D eigenvalue weighted by Crippen LogP contribution is -2.42. The van der Waals surface area contributed by atoms with E-state index in [0.29, 0.717) is 25.6 Å². The zero-order valence-corrected chi connectivity index (χ0v) is 18.1. The molecular formula is C20H27IN4O2. The molecule has 0 saturated heterocycles. The van der Waals surface area contributed by atoms with Crippen LogP contribution in [0.4, 0.5) is 0 Å². The van der Waals surface area contributed by atoms with Crippen LogP contribution in [0.3, 0.4) is 0 Å². The van der Waals surface area contributed by atoms with Crippen molar-refractivity contribution in [2.75, 3.05) is 20.2 Å². The molecule has 0 amide bonds. The van der Waals surface area contributed by atoms with Crippen LogP contribution in [-0.4, -0.2) is 37.2 Å². The van der Waals surface area contributed by atoms with Crippen molar-refractivity contribution in [2.45, 2.75) is 32.4 Å². The van der Waals surface area contributed by atoms with Crippen LogP contribution in [0.25, 0.3) is 0 Å². The number of halogens is 1. The Morgan fingerprint density at radius 1 is 1.26 bits per heavy atom. The number of hydrogen-bond acceptors (Lipinski definition) is 4. The Bertz CT molecular complexity index is 729. The number of hydrogen-bond donors (Lipinski definition) is 2. The van der Waals surface area contributed by atoms with E-state index in [4.69, 9.17) is 9.47 Å². The number of para-hydroxylation sites is 1. The van der Waals surface area contributed by atoms with Gasteiger partial charge in [-0.25, -0.2) is 4.98 Å². The van der Waals surface area contributed by atoms with Crippen LogP contribution in [-0.2, 0) is 13.0 Å². The number of guanidine groups is 1. The molecule has 2 N–H and O–H groups in total. The van der Waals surface area contributed by atoms with Crippen LogP contribution in [0.2, 0.25) is 0 Å². The van der Waals surface area contributed by atoms with E-state index >= 15 is 0 Å². The molecule has 146 valence electrons. The van der Waals surface area contributed by atoms with Gasteiger partial charge in [0, 0.05) is 31.8 Å². The first-order chi connectivity index (χ1) is 12.8. The van der Waals surface area contributed by atoms with Gasteiger partial charge in [-0.3, -0.25) is 4.99 Å². The van der Waals surface area contributed by atoms with Crippen molar-refractivity contribution in [3.8, 4) is 11.6 Å². The minimum absolute atomic E-state index is 0. The van der Waals surface area contributed by atoms with E-state index in [9.17, 15) is 0 Å². The van der Waals surface area contributed by atoms with E-state index < -0.39 is 0 Å². The lowest BCUT2D eigenvalue weighted by atomic mass is 10.1. The molecule has 3 rings (SSSR count). The predicted octanol–water partition coefficient (Wildman–Crippen LogP) is 3.16. The molecular weight excluding hydrogens is 455 g/mol. The molecule has 0 fully saturated rings. The third kappa shape index (κ3) is 5.98. The Hall–Kier alpha value is -2.03. The van der Waals surface area contributed by atoms with E-state index in [1.54, 1.807) is 13.2 Å². The van der Waals surface area contributed by atoms with Crippen LogP contribution in [0, 0.1) is 0 Å². The van der Waals surface area contributed by atoms with Gasteiger partial charge in [-0.05, 0) is 24.1 Å². The minimum atomic E-state index is 0. The van der Waals surface area contributed by atoms with E-state index in [1.165, 1.54) is 5.56 Å². The summed E-state index contributed by atoms with van der Waals surface area (Å²) < 4.78 is 11.7. The van der Waals surface area contributed by atoms with Crippen molar-refractivity contribution in [3.05, 3.63) is 53.7 Å². The van der Waals surface area contributed by atoms with Gasteiger partial charge in [0.05, 0.1) is 13.2 Å². The molecule has 6 nitrogen and oxygen atoms in total. The lowest BCUT2D eigenvalue weighted by molar-refractivity contribution is 0.235. The Kier molecular flexibility index (Phi) is 8.63. The topological polar surface area (TPSA) is 67.8 Å². The molecule has 2 heterocycles. The average Bonchev–Trinajstić information content (AvgIpc) is 3.10. The van der Waals surface area contributed by atoms with Gasteiger partial charge >= 0.3 is 0 Å². The highest BCUT2D eigenvalue weighted by atomic mass is 127. The summed E-state index contributed by atoms with van der Waals surface area (Å²) in [6.07, 6.45) is 3.73. The molecule has 0 aliphatic carbocycles. The van der Waals surface area contributed by atoms with Gasteiger partial charge in [0.25, 0.3) is 0 Å². The van der Waals surface area contributed by atoms with E-state index in [-0.39, 0.29) is 30.1 Å². The number of nitrogens with one attached hydrogen (secondary N) is 2. The van der Waals surface area contributed by atoms with Gasteiger partial charge in [0.15, 0.2) is 5.96 Å². The van der Waals surface area contributed by atoms with Crippen molar-refractivity contribution >= 4 is 29.9 Å². The maximum atomic E-state index is 5.95. The molecule has 0 saturated carbocycles. The van der Waals surface area contributed by atoms with Gasteiger partial charge in [-0.1, -0.05) is 31.2 Å². The average molecular weight is 482 g/mol. The summed E-state index contributed by atoms with van der Waals surface area (Å²) in [5.41, 5.74) is 2.27. The van der Waals surface area contributed by atoms with E-state index in [1.807, 2.05) is 30.3 Å². The Labute approximate surface area is 177 Å². The fraction of sp³-hybridized carbons (Fsp3) is 0.400. The molecule has 2 aromatic rings. The van der Waals surface area contributed by atoms with E-state index in [2.05, 4.69) is 33.6 Å². The van der Waals surface area contributed by atoms with Crippen molar-refractivity contribution < 1.29 is 9.47 Å². The molecule has 1 atom stereocenters. The van der Waals surface area contributed by atoms with Crippen molar-refractivity contribution in [1.82, 2.24) is 15.6 Å². The number of pyridine rings is 1. The highest BCUT2D eigenvalue weighted by Gasteiger charge is 2.22. The Balaban J connectivity index is 0.00000261. The molecule has 1 aliphatic rings. The molecule has 0 bridgehead atoms. The van der Waals surface area contributed by atoms with Crippen molar-refractivity contribution in [1.29, 1.82) is 0 Å². The number of aliphatic imine (C=N–C) groups is 1. The predicted molar refractivity (Wildman–Crippen MR) is 118 cm³/mol. The van der Waals surface area contributed by atoms with Gasteiger partial charge < -0.3 is 20.1 Å². The van der Waals surface area contributed by atoms with Gasteiger partial charge in [0.1, 0.15) is 11.9 Å². The normalized spacial score (nSPS) is 15.3. The Morgan fingerprint density at radius 2 is 2.11 bits per heavy atom. The van der Waals surface area contributed by atoms with Gasteiger partial charge in [-0.2, -0.15) is 0 Å².